The first-order valence-electron chi connectivity index (χ1n) is 18.4. The van der Waals surface area contributed by atoms with E-state index in [4.69, 9.17) is 15.6 Å². The number of nitrogens with one attached hydrogen (secondary N) is 1. The van der Waals surface area contributed by atoms with Crippen molar-refractivity contribution in [2.45, 2.75) is 44.4 Å². The van der Waals surface area contributed by atoms with Gasteiger partial charge in [0.05, 0.1) is 35.8 Å². The van der Waals surface area contributed by atoms with E-state index in [1.165, 1.54) is 21.8 Å². The molecule has 9 rings (SSSR count). The van der Waals surface area contributed by atoms with Gasteiger partial charge in [0, 0.05) is 92.4 Å². The molecule has 3 amide bonds. The summed E-state index contributed by atoms with van der Waals surface area (Å²) in [6, 6.07) is 12.8. The number of carbonyl (C=O) groups is 2. The second-order valence-electron chi connectivity index (χ2n) is 14.3. The normalized spacial score (nSPS) is 17.8. The lowest BCUT2D eigenvalue weighted by atomic mass is 9.99. The zero-order valence-corrected chi connectivity index (χ0v) is 30.4. The highest BCUT2D eigenvalue weighted by Crippen LogP contribution is 2.36. The average molecular weight is 746 g/mol. The Hall–Kier alpha value is -6.36. The molecule has 7 heterocycles. The van der Waals surface area contributed by atoms with Crippen LogP contribution in [0.1, 0.15) is 43.9 Å². The monoisotopic (exact) mass is 745 g/mol. The minimum Gasteiger partial charge on any atom is -0.482 e. The molecule has 6 aromatic rings. The van der Waals surface area contributed by atoms with Crippen molar-refractivity contribution >= 4 is 40.2 Å². The molecule has 2 aromatic carbocycles. The molecule has 0 bridgehead atoms. The molecule has 3 fully saturated rings. The number of amides is 3. The molecule has 3 N–H and O–H groups in total. The summed E-state index contributed by atoms with van der Waals surface area (Å²) in [5, 5.41) is 21.0. The predicted molar refractivity (Wildman–Crippen MR) is 202 cm³/mol. The van der Waals surface area contributed by atoms with Gasteiger partial charge in [-0.25, -0.2) is 14.2 Å². The van der Waals surface area contributed by atoms with Gasteiger partial charge in [0.15, 0.2) is 17.4 Å². The van der Waals surface area contributed by atoms with Crippen molar-refractivity contribution in [3.63, 3.8) is 0 Å². The van der Waals surface area contributed by atoms with Crippen molar-refractivity contribution in [1.29, 1.82) is 0 Å². The van der Waals surface area contributed by atoms with Gasteiger partial charge in [-0.05, 0) is 62.2 Å². The number of likely N-dealkylation sites (tertiary alicyclic amines) is 1. The van der Waals surface area contributed by atoms with Crippen LogP contribution in [-0.4, -0.2) is 95.1 Å². The number of rotatable bonds is 9. The summed E-state index contributed by atoms with van der Waals surface area (Å²) >= 11 is 0. The number of nitrogens with two attached hydrogens (primary N) is 1. The molecule has 282 valence electrons. The lowest BCUT2D eigenvalue weighted by Gasteiger charge is -2.48. The molecule has 3 aliphatic heterocycles. The molecule has 3 aliphatic rings. The van der Waals surface area contributed by atoms with Crippen LogP contribution < -0.4 is 25.6 Å². The SMILES string of the molecule is C[C@@H](Oc1cc(-c2cnn(C3CCN(C4CN(c5ccc6c(N7CCC(=O)NC7=O)nn(C)c6c5)C4)CC3)c2)cnc1N)c1cc(F)ccc1-n1nccn1. The zero-order valence-electron chi connectivity index (χ0n) is 30.4. The van der Waals surface area contributed by atoms with Gasteiger partial charge in [-0.15, -0.1) is 0 Å². The number of hydrogen-bond donors (Lipinski definition) is 2. The van der Waals surface area contributed by atoms with Crippen LogP contribution in [0.4, 0.5) is 26.5 Å². The lowest BCUT2D eigenvalue weighted by Crippen LogP contribution is -2.61. The van der Waals surface area contributed by atoms with E-state index >= 15 is 0 Å². The molecule has 55 heavy (non-hydrogen) atoms. The Labute approximate surface area is 315 Å². The number of urea groups is 1. The number of carbonyl (C=O) groups excluding carboxylic acids is 2. The lowest BCUT2D eigenvalue weighted by molar-refractivity contribution is -0.120. The maximum Gasteiger partial charge on any atom is 0.329 e. The summed E-state index contributed by atoms with van der Waals surface area (Å²) in [4.78, 5) is 36.4. The van der Waals surface area contributed by atoms with E-state index in [0.29, 0.717) is 35.4 Å². The zero-order chi connectivity index (χ0) is 37.8. The number of ether oxygens (including phenoxy) is 1. The van der Waals surface area contributed by atoms with E-state index in [9.17, 15) is 14.0 Å². The molecule has 0 saturated carbocycles. The third-order valence-corrected chi connectivity index (χ3v) is 10.9. The van der Waals surface area contributed by atoms with Crippen molar-refractivity contribution in [3.8, 4) is 22.6 Å². The number of imide groups is 1. The first kappa shape index (κ1) is 34.4. The average Bonchev–Trinajstić information content (AvgIpc) is 3.94. The molecule has 0 spiro atoms. The summed E-state index contributed by atoms with van der Waals surface area (Å²) in [5.74, 6) is 0.531. The van der Waals surface area contributed by atoms with E-state index in [1.807, 2.05) is 32.3 Å². The molecule has 17 heteroatoms. The van der Waals surface area contributed by atoms with Gasteiger partial charge in [0.1, 0.15) is 11.9 Å². The van der Waals surface area contributed by atoms with Crippen LogP contribution in [0.3, 0.4) is 0 Å². The molecule has 0 radical (unpaired) electrons. The van der Waals surface area contributed by atoms with Gasteiger partial charge in [-0.1, -0.05) is 0 Å². The van der Waals surface area contributed by atoms with Crippen LogP contribution >= 0.6 is 0 Å². The Morgan fingerprint density at radius 3 is 2.53 bits per heavy atom. The fourth-order valence-electron chi connectivity index (χ4n) is 7.82. The third kappa shape index (κ3) is 6.49. The summed E-state index contributed by atoms with van der Waals surface area (Å²) < 4.78 is 24.4. The van der Waals surface area contributed by atoms with Gasteiger partial charge in [0.2, 0.25) is 5.91 Å². The summed E-state index contributed by atoms with van der Waals surface area (Å²) in [6.45, 7) is 5.99. The number of anilines is 3. The van der Waals surface area contributed by atoms with Gasteiger partial charge in [-0.3, -0.25) is 29.3 Å². The maximum atomic E-state index is 14.3. The standard InChI is InChI=1S/C38H40FN13O3/c1-23(31-16-26(39)3-6-32(31)52-42-10-11-43-52)55-34-15-24(18-41-36(34)40)25-19-44-51(20-25)27-7-12-48(13-8-27)29-21-49(22-29)28-4-5-30-33(17-28)47(2)46-37(30)50-14-9-35(53)45-38(50)54/h3-6,10-11,15-20,23,27,29H,7-9,12-14,21-22H2,1-2H3,(H2,40,41)(H,45,53,54)/t23-/m1/s1. The summed E-state index contributed by atoms with van der Waals surface area (Å²) in [5.41, 5.74) is 11.2. The highest BCUT2D eigenvalue weighted by molar-refractivity contribution is 6.09. The fraction of sp³-hybridized carbons (Fsp3) is 0.342. The molecule has 1 atom stereocenters. The van der Waals surface area contributed by atoms with Crippen LogP contribution in [0.5, 0.6) is 5.75 Å². The number of aryl methyl sites for hydroxylation is 1. The van der Waals surface area contributed by atoms with Crippen LogP contribution in [0.2, 0.25) is 0 Å². The van der Waals surface area contributed by atoms with Crippen LogP contribution in [-0.2, 0) is 11.8 Å². The van der Waals surface area contributed by atoms with Gasteiger partial charge in [-0.2, -0.15) is 25.2 Å². The summed E-state index contributed by atoms with van der Waals surface area (Å²) in [7, 11) is 1.88. The molecular weight excluding hydrogens is 706 g/mol. The molecule has 0 unspecified atom stereocenters. The van der Waals surface area contributed by atoms with E-state index < -0.39 is 18.0 Å². The third-order valence-electron chi connectivity index (χ3n) is 10.9. The van der Waals surface area contributed by atoms with Crippen molar-refractivity contribution in [3.05, 3.63) is 84.8 Å². The van der Waals surface area contributed by atoms with E-state index in [-0.39, 0.29) is 24.2 Å². The largest absolute Gasteiger partial charge is 0.482 e. The van der Waals surface area contributed by atoms with Crippen LogP contribution in [0.15, 0.2) is 73.4 Å². The van der Waals surface area contributed by atoms with Gasteiger partial charge in [0.25, 0.3) is 0 Å². The van der Waals surface area contributed by atoms with Crippen molar-refractivity contribution in [2.24, 2.45) is 7.05 Å². The number of nitrogen functional groups attached to an aromatic ring is 1. The van der Waals surface area contributed by atoms with Gasteiger partial charge < -0.3 is 15.4 Å². The Bertz CT molecular complexity index is 2400. The second-order valence-corrected chi connectivity index (χ2v) is 14.3. The molecule has 4 aromatic heterocycles. The van der Waals surface area contributed by atoms with E-state index in [1.54, 1.807) is 29.3 Å². The number of piperidine rings is 1. The van der Waals surface area contributed by atoms with Gasteiger partial charge >= 0.3 is 6.03 Å². The van der Waals surface area contributed by atoms with Crippen LogP contribution in [0, 0.1) is 5.82 Å². The fourth-order valence-corrected chi connectivity index (χ4v) is 7.82. The Balaban J connectivity index is 0.811. The number of pyridine rings is 1. The van der Waals surface area contributed by atoms with E-state index in [2.05, 4.69) is 58.4 Å². The maximum absolute atomic E-state index is 14.3. The van der Waals surface area contributed by atoms with Crippen molar-refractivity contribution in [1.82, 2.24) is 49.8 Å². The minimum atomic E-state index is -0.574. The molecule has 3 saturated heterocycles. The second kappa shape index (κ2) is 13.8. The minimum absolute atomic E-state index is 0.231. The Morgan fingerprint density at radius 1 is 0.945 bits per heavy atom. The number of aromatic nitrogens is 8. The number of halogens is 1. The number of benzene rings is 2. The van der Waals surface area contributed by atoms with E-state index in [0.717, 1.165) is 66.7 Å². The highest BCUT2D eigenvalue weighted by atomic mass is 19.1. The Kier molecular flexibility index (Phi) is 8.64. The Morgan fingerprint density at radius 2 is 1.75 bits per heavy atom. The quantitative estimate of drug-likeness (QED) is 0.217. The molecule has 0 aliphatic carbocycles. The van der Waals surface area contributed by atoms with Crippen molar-refractivity contribution < 1.29 is 18.7 Å². The molecular formula is C38H40FN13O3. The smallest absolute Gasteiger partial charge is 0.329 e. The first-order chi connectivity index (χ1) is 26.7. The number of hydrogen-bond acceptors (Lipinski definition) is 11. The predicted octanol–water partition coefficient (Wildman–Crippen LogP) is 4.25. The van der Waals surface area contributed by atoms with Crippen molar-refractivity contribution in [2.75, 3.05) is 48.3 Å². The van der Waals surface area contributed by atoms with Crippen LogP contribution in [0.25, 0.3) is 27.7 Å². The number of fused-ring (bicyclic) bond motifs is 1. The topological polar surface area (TPSA) is 170 Å². The summed E-state index contributed by atoms with van der Waals surface area (Å²) in [6.07, 6.45) is 10.4. The number of nitrogens with zero attached hydrogens (tertiary/aromatic N) is 11. The molecule has 16 nitrogen and oxygen atoms in total. The highest BCUT2D eigenvalue weighted by Gasteiger charge is 2.35. The first-order valence-corrected chi connectivity index (χ1v) is 18.4.